The fraction of sp³-hybridized carbons (Fsp3) is 0.462. The van der Waals surface area contributed by atoms with Crippen molar-refractivity contribution in [2.24, 2.45) is 0 Å². The van der Waals surface area contributed by atoms with Crippen LogP contribution in [-0.2, 0) is 16.1 Å². The lowest BCUT2D eigenvalue weighted by Crippen LogP contribution is -2.51. The minimum atomic E-state index is -0.736. The van der Waals surface area contributed by atoms with Gasteiger partial charge in [0.15, 0.2) is 6.61 Å². The van der Waals surface area contributed by atoms with Crippen LogP contribution in [0.25, 0.3) is 0 Å². The average molecular weight is 500 g/mol. The third-order valence-electron chi connectivity index (χ3n) is 6.32. The first-order chi connectivity index (χ1) is 17.3. The van der Waals surface area contributed by atoms with Crippen molar-refractivity contribution in [1.29, 1.82) is 0 Å². The number of amides is 2. The monoisotopic (exact) mass is 499 g/mol. The Morgan fingerprint density at radius 3 is 2.50 bits per heavy atom. The molecule has 0 bridgehead atoms. The molecule has 0 aromatic heterocycles. The number of methoxy groups -OCH3 is 2. The summed E-state index contributed by atoms with van der Waals surface area (Å²) in [6, 6.07) is 10.7. The van der Waals surface area contributed by atoms with E-state index in [0.29, 0.717) is 5.75 Å². The van der Waals surface area contributed by atoms with Crippen molar-refractivity contribution in [2.45, 2.75) is 57.7 Å². The molecule has 1 N–H and O–H groups in total. The molecule has 0 spiro atoms. The molecule has 0 radical (unpaired) electrons. The quantitative estimate of drug-likeness (QED) is 0.368. The van der Waals surface area contributed by atoms with E-state index < -0.39 is 16.9 Å². The normalized spacial score (nSPS) is 14.4. The van der Waals surface area contributed by atoms with Crippen LogP contribution in [0.3, 0.4) is 0 Å². The van der Waals surface area contributed by atoms with E-state index in [-0.39, 0.29) is 42.3 Å². The number of nitrogens with zero attached hydrogens (tertiary/aromatic N) is 2. The maximum absolute atomic E-state index is 13.3. The van der Waals surface area contributed by atoms with Crippen LogP contribution in [0.2, 0.25) is 0 Å². The number of hydrogen-bond acceptors (Lipinski definition) is 7. The molecule has 3 rings (SSSR count). The third-order valence-corrected chi connectivity index (χ3v) is 6.32. The van der Waals surface area contributed by atoms with Gasteiger partial charge in [-0.1, -0.05) is 31.4 Å². The molecule has 0 unspecified atom stereocenters. The van der Waals surface area contributed by atoms with Gasteiger partial charge in [-0.25, -0.2) is 0 Å². The molecule has 0 saturated heterocycles. The third kappa shape index (κ3) is 7.10. The van der Waals surface area contributed by atoms with E-state index in [4.69, 9.17) is 14.2 Å². The van der Waals surface area contributed by atoms with Crippen molar-refractivity contribution < 1.29 is 28.7 Å². The SMILES string of the molecule is COc1cccc(CN(C(=O)COc2ccc([N+](=O)[O-])c(OC)c2)[C@@H](C)C(=O)NC2CCCCC2)c1. The number of carbonyl (C=O) groups is 2. The number of nitro benzene ring substituents is 1. The largest absolute Gasteiger partial charge is 0.497 e. The molecule has 10 nitrogen and oxygen atoms in total. The van der Waals surface area contributed by atoms with Crippen molar-refractivity contribution in [3.8, 4) is 17.2 Å². The zero-order valence-electron chi connectivity index (χ0n) is 20.9. The minimum Gasteiger partial charge on any atom is -0.497 e. The van der Waals surface area contributed by atoms with Crippen LogP contribution in [0.4, 0.5) is 5.69 Å². The zero-order chi connectivity index (χ0) is 26.1. The Balaban J connectivity index is 1.75. The summed E-state index contributed by atoms with van der Waals surface area (Å²) in [5, 5.41) is 14.2. The van der Waals surface area contributed by atoms with Crippen molar-refractivity contribution in [3.05, 3.63) is 58.1 Å². The topological polar surface area (TPSA) is 120 Å². The summed E-state index contributed by atoms with van der Waals surface area (Å²) in [4.78, 5) is 38.4. The van der Waals surface area contributed by atoms with Gasteiger partial charge in [0.2, 0.25) is 11.7 Å². The molecule has 1 saturated carbocycles. The van der Waals surface area contributed by atoms with Crippen molar-refractivity contribution in [2.75, 3.05) is 20.8 Å². The van der Waals surface area contributed by atoms with Crippen molar-refractivity contribution in [3.63, 3.8) is 0 Å². The summed E-state index contributed by atoms with van der Waals surface area (Å²) in [7, 11) is 2.88. The van der Waals surface area contributed by atoms with E-state index in [0.717, 1.165) is 31.2 Å². The van der Waals surface area contributed by atoms with Gasteiger partial charge in [0.05, 0.1) is 19.1 Å². The molecule has 1 fully saturated rings. The van der Waals surface area contributed by atoms with Gasteiger partial charge in [-0.2, -0.15) is 0 Å². The summed E-state index contributed by atoms with van der Waals surface area (Å²) in [6.07, 6.45) is 5.21. The number of nitro groups is 1. The highest BCUT2D eigenvalue weighted by Gasteiger charge is 2.28. The van der Waals surface area contributed by atoms with Gasteiger partial charge in [-0.3, -0.25) is 19.7 Å². The predicted octanol–water partition coefficient (Wildman–Crippen LogP) is 3.86. The number of ether oxygens (including phenoxy) is 3. The van der Waals surface area contributed by atoms with E-state index >= 15 is 0 Å². The lowest BCUT2D eigenvalue weighted by atomic mass is 9.95. The highest BCUT2D eigenvalue weighted by atomic mass is 16.6. The van der Waals surface area contributed by atoms with Crippen molar-refractivity contribution in [1.82, 2.24) is 10.2 Å². The van der Waals surface area contributed by atoms with Crippen LogP contribution in [0.15, 0.2) is 42.5 Å². The van der Waals surface area contributed by atoms with Gasteiger partial charge >= 0.3 is 5.69 Å². The number of carbonyl (C=O) groups excluding carboxylic acids is 2. The summed E-state index contributed by atoms with van der Waals surface area (Å²) in [5.41, 5.74) is 0.598. The fourth-order valence-corrected chi connectivity index (χ4v) is 4.25. The second-order valence-corrected chi connectivity index (χ2v) is 8.77. The van der Waals surface area contributed by atoms with Gasteiger partial charge < -0.3 is 24.4 Å². The molecule has 10 heteroatoms. The Bertz CT molecular complexity index is 1070. The Morgan fingerprint density at radius 1 is 1.08 bits per heavy atom. The summed E-state index contributed by atoms with van der Waals surface area (Å²) in [6.45, 7) is 1.53. The summed E-state index contributed by atoms with van der Waals surface area (Å²) in [5.74, 6) is 0.301. The van der Waals surface area contributed by atoms with Crippen LogP contribution in [0.5, 0.6) is 17.2 Å². The van der Waals surface area contributed by atoms with Gasteiger partial charge in [0, 0.05) is 24.7 Å². The molecule has 1 atom stereocenters. The Kier molecular flexibility index (Phi) is 9.49. The molecule has 194 valence electrons. The lowest BCUT2D eigenvalue weighted by molar-refractivity contribution is -0.385. The van der Waals surface area contributed by atoms with Crippen LogP contribution in [0, 0.1) is 10.1 Å². The molecule has 2 aromatic rings. The van der Waals surface area contributed by atoms with Gasteiger partial charge in [-0.15, -0.1) is 0 Å². The van der Waals surface area contributed by atoms with Gasteiger partial charge in [0.25, 0.3) is 5.91 Å². The van der Waals surface area contributed by atoms with Crippen molar-refractivity contribution >= 4 is 17.5 Å². The van der Waals surface area contributed by atoms with E-state index in [2.05, 4.69) is 5.32 Å². The molecule has 2 amide bonds. The van der Waals surface area contributed by atoms with E-state index in [1.807, 2.05) is 18.2 Å². The Hall–Kier alpha value is -3.82. The molecular formula is C26H33N3O7. The second kappa shape index (κ2) is 12.8. The minimum absolute atomic E-state index is 0.0263. The summed E-state index contributed by atoms with van der Waals surface area (Å²) < 4.78 is 16.0. The summed E-state index contributed by atoms with van der Waals surface area (Å²) >= 11 is 0. The zero-order valence-corrected chi connectivity index (χ0v) is 20.9. The molecule has 36 heavy (non-hydrogen) atoms. The van der Waals surface area contributed by atoms with E-state index in [1.165, 1.54) is 36.6 Å². The second-order valence-electron chi connectivity index (χ2n) is 8.77. The maximum Gasteiger partial charge on any atom is 0.311 e. The van der Waals surface area contributed by atoms with Crippen LogP contribution in [0.1, 0.15) is 44.6 Å². The molecule has 1 aliphatic carbocycles. The molecule has 0 heterocycles. The Morgan fingerprint density at radius 2 is 1.83 bits per heavy atom. The van der Waals surface area contributed by atoms with Crippen LogP contribution < -0.4 is 19.5 Å². The smallest absolute Gasteiger partial charge is 0.311 e. The van der Waals surface area contributed by atoms with E-state index in [9.17, 15) is 19.7 Å². The first-order valence-corrected chi connectivity index (χ1v) is 12.0. The predicted molar refractivity (Wildman–Crippen MR) is 133 cm³/mol. The lowest BCUT2D eigenvalue weighted by Gasteiger charge is -2.31. The Labute approximate surface area is 210 Å². The number of benzene rings is 2. The first-order valence-electron chi connectivity index (χ1n) is 12.0. The first kappa shape index (κ1) is 26.8. The fourth-order valence-electron chi connectivity index (χ4n) is 4.25. The molecular weight excluding hydrogens is 466 g/mol. The average Bonchev–Trinajstić information content (AvgIpc) is 2.90. The molecule has 0 aliphatic heterocycles. The number of rotatable bonds is 11. The number of nitrogens with one attached hydrogen (secondary N) is 1. The van der Waals surface area contributed by atoms with E-state index in [1.54, 1.807) is 20.1 Å². The van der Waals surface area contributed by atoms with Gasteiger partial charge in [0.1, 0.15) is 17.5 Å². The molecule has 2 aromatic carbocycles. The maximum atomic E-state index is 13.3. The highest BCUT2D eigenvalue weighted by Crippen LogP contribution is 2.31. The van der Waals surface area contributed by atoms with Gasteiger partial charge in [-0.05, 0) is 43.5 Å². The molecule has 1 aliphatic rings. The van der Waals surface area contributed by atoms with Crippen LogP contribution in [-0.4, -0.2) is 54.5 Å². The highest BCUT2D eigenvalue weighted by molar-refractivity contribution is 5.88. The van der Waals surface area contributed by atoms with Crippen LogP contribution >= 0.6 is 0 Å². The number of hydrogen-bond donors (Lipinski definition) is 1. The standard InChI is InChI=1S/C26H33N3O7/c1-18(26(31)27-20-9-5-4-6-10-20)28(16-19-8-7-11-21(14-19)34-2)25(30)17-36-22-12-13-23(29(32)33)24(15-22)35-3/h7-8,11-15,18,20H,4-6,9-10,16-17H2,1-3H3,(H,27,31)/t18-/m0/s1.